The van der Waals surface area contributed by atoms with E-state index in [1.807, 2.05) is 43.3 Å². The number of thioether (sulfide) groups is 1. The average molecular weight is 532 g/mol. The Bertz CT molecular complexity index is 1170. The predicted octanol–water partition coefficient (Wildman–Crippen LogP) is 5.59. The molecular weight excluding hydrogens is 506 g/mol. The normalized spacial score (nSPS) is 11.5. The van der Waals surface area contributed by atoms with Gasteiger partial charge in [-0.15, -0.1) is 23.1 Å². The third-order valence-corrected chi connectivity index (χ3v) is 7.17. The van der Waals surface area contributed by atoms with Crippen LogP contribution < -0.4 is 10.6 Å². The van der Waals surface area contributed by atoms with E-state index >= 15 is 0 Å². The van der Waals surface area contributed by atoms with Crippen LogP contribution in [-0.2, 0) is 32.0 Å². The number of benzene rings is 2. The minimum Gasteiger partial charge on any atom is -0.466 e. The number of amides is 2. The van der Waals surface area contributed by atoms with Crippen molar-refractivity contribution in [3.05, 3.63) is 70.2 Å². The Hall–Kier alpha value is -2.88. The molecule has 2 N–H and O–H groups in total. The highest BCUT2D eigenvalue weighted by Gasteiger charge is 2.20. The highest BCUT2D eigenvalue weighted by molar-refractivity contribution is 8.00. The fourth-order valence-corrected chi connectivity index (χ4v) is 4.97. The Balaban J connectivity index is 1.56. The van der Waals surface area contributed by atoms with Crippen LogP contribution in [0.1, 0.15) is 31.5 Å². The van der Waals surface area contributed by atoms with Gasteiger partial charge < -0.3 is 15.4 Å². The number of thiazole rings is 1. The van der Waals surface area contributed by atoms with Crippen LogP contribution in [0.2, 0.25) is 5.02 Å². The third-order valence-electron chi connectivity index (χ3n) is 4.75. The first-order valence-electron chi connectivity index (χ1n) is 11.1. The third kappa shape index (κ3) is 8.69. The van der Waals surface area contributed by atoms with E-state index in [2.05, 4.69) is 15.6 Å². The van der Waals surface area contributed by atoms with Crippen molar-refractivity contribution in [2.45, 2.75) is 43.3 Å². The molecule has 3 rings (SSSR count). The van der Waals surface area contributed by atoms with Crippen LogP contribution in [-0.4, -0.2) is 34.6 Å². The summed E-state index contributed by atoms with van der Waals surface area (Å²) >= 11 is 8.57. The Morgan fingerprint density at radius 2 is 1.86 bits per heavy atom. The summed E-state index contributed by atoms with van der Waals surface area (Å²) in [6.45, 7) is 4.00. The summed E-state index contributed by atoms with van der Waals surface area (Å²) in [5.74, 6) is -0.661. The lowest BCUT2D eigenvalue weighted by Gasteiger charge is -2.14. The first-order chi connectivity index (χ1) is 16.9. The van der Waals surface area contributed by atoms with Gasteiger partial charge in [-0.2, -0.15) is 0 Å². The van der Waals surface area contributed by atoms with Crippen molar-refractivity contribution in [1.82, 2.24) is 4.98 Å². The van der Waals surface area contributed by atoms with Crippen molar-refractivity contribution in [3.8, 4) is 0 Å². The maximum atomic E-state index is 12.8. The number of aromatic nitrogens is 1. The van der Waals surface area contributed by atoms with Gasteiger partial charge in [0.15, 0.2) is 5.13 Å². The molecule has 0 saturated heterocycles. The summed E-state index contributed by atoms with van der Waals surface area (Å²) < 4.78 is 4.93. The van der Waals surface area contributed by atoms with E-state index in [9.17, 15) is 14.4 Å². The minimum atomic E-state index is -0.354. The lowest BCUT2D eigenvalue weighted by molar-refractivity contribution is -0.142. The molecule has 1 aromatic heterocycles. The lowest BCUT2D eigenvalue weighted by Crippen LogP contribution is -2.24. The topological polar surface area (TPSA) is 97.4 Å². The quantitative estimate of drug-likeness (QED) is 0.247. The molecule has 35 heavy (non-hydrogen) atoms. The number of nitrogens with one attached hydrogen (secondary N) is 2. The second kappa shape index (κ2) is 13.3. The van der Waals surface area contributed by atoms with Gasteiger partial charge >= 0.3 is 5.97 Å². The summed E-state index contributed by atoms with van der Waals surface area (Å²) in [5, 5.41) is 8.18. The van der Waals surface area contributed by atoms with Crippen molar-refractivity contribution in [3.63, 3.8) is 0 Å². The van der Waals surface area contributed by atoms with E-state index < -0.39 is 0 Å². The van der Waals surface area contributed by atoms with E-state index in [1.165, 1.54) is 23.1 Å². The zero-order valence-electron chi connectivity index (χ0n) is 19.4. The number of ether oxygens (including phenoxy) is 1. The summed E-state index contributed by atoms with van der Waals surface area (Å²) in [7, 11) is 0. The van der Waals surface area contributed by atoms with Gasteiger partial charge in [0.1, 0.15) is 0 Å². The van der Waals surface area contributed by atoms with Gasteiger partial charge in [-0.1, -0.05) is 36.7 Å². The average Bonchev–Trinajstić information content (AvgIpc) is 3.25. The van der Waals surface area contributed by atoms with E-state index in [0.29, 0.717) is 34.6 Å². The Morgan fingerprint density at radius 1 is 1.09 bits per heavy atom. The maximum Gasteiger partial charge on any atom is 0.311 e. The van der Waals surface area contributed by atoms with Crippen LogP contribution in [0, 0.1) is 0 Å². The maximum absolute atomic E-state index is 12.8. The van der Waals surface area contributed by atoms with E-state index in [-0.39, 0.29) is 35.9 Å². The predicted molar refractivity (Wildman–Crippen MR) is 141 cm³/mol. The second-order valence-electron chi connectivity index (χ2n) is 7.51. The molecule has 2 aromatic carbocycles. The molecule has 184 valence electrons. The van der Waals surface area contributed by atoms with Gasteiger partial charge in [-0.3, -0.25) is 14.4 Å². The van der Waals surface area contributed by atoms with Gasteiger partial charge in [0, 0.05) is 21.0 Å². The van der Waals surface area contributed by atoms with Gasteiger partial charge in [0.2, 0.25) is 11.8 Å². The molecule has 2 amide bonds. The molecule has 1 unspecified atom stereocenters. The molecule has 0 bridgehead atoms. The van der Waals surface area contributed by atoms with Gasteiger partial charge in [0.05, 0.1) is 30.4 Å². The fraction of sp³-hybridized carbons (Fsp3) is 0.280. The lowest BCUT2D eigenvalue weighted by atomic mass is 10.1. The smallest absolute Gasteiger partial charge is 0.311 e. The number of esters is 1. The molecule has 1 heterocycles. The monoisotopic (exact) mass is 531 g/mol. The van der Waals surface area contributed by atoms with Gasteiger partial charge in [-0.05, 0) is 49.2 Å². The van der Waals surface area contributed by atoms with Crippen molar-refractivity contribution in [2.75, 3.05) is 17.2 Å². The number of hydrogen-bond donors (Lipinski definition) is 2. The summed E-state index contributed by atoms with van der Waals surface area (Å²) in [6, 6.07) is 14.5. The molecule has 10 heteroatoms. The Labute approximate surface area is 217 Å². The number of anilines is 2. The molecule has 0 radical (unpaired) electrons. The number of halogens is 1. The van der Waals surface area contributed by atoms with Crippen LogP contribution in [0.5, 0.6) is 0 Å². The molecule has 0 aliphatic rings. The summed E-state index contributed by atoms with van der Waals surface area (Å²) in [5.41, 5.74) is 2.09. The van der Waals surface area contributed by atoms with E-state index in [0.717, 1.165) is 10.5 Å². The van der Waals surface area contributed by atoms with Crippen molar-refractivity contribution < 1.29 is 19.1 Å². The van der Waals surface area contributed by atoms with E-state index in [4.69, 9.17) is 16.3 Å². The van der Waals surface area contributed by atoms with Crippen LogP contribution in [0.3, 0.4) is 0 Å². The zero-order chi connectivity index (χ0) is 25.2. The van der Waals surface area contributed by atoms with Crippen LogP contribution in [0.25, 0.3) is 0 Å². The first kappa shape index (κ1) is 26.7. The molecule has 0 fully saturated rings. The number of carbonyl (C=O) groups is 3. The molecule has 0 aliphatic carbocycles. The highest BCUT2D eigenvalue weighted by atomic mass is 35.5. The molecule has 0 spiro atoms. The summed E-state index contributed by atoms with van der Waals surface area (Å²) in [4.78, 5) is 42.0. The standard InChI is InChI=1S/C25H26ClN3O4S2/c1-3-21(24(32)29-25-28-19(15-34-25)14-23(31)33-4-2)35-20-7-5-6-18(13-20)27-22(30)12-16-8-10-17(26)11-9-16/h5-11,13,15,21H,3-4,12,14H2,1-2H3,(H,27,30)(H,28,29,32). The van der Waals surface area contributed by atoms with Crippen molar-refractivity contribution in [1.29, 1.82) is 0 Å². The summed E-state index contributed by atoms with van der Waals surface area (Å²) in [6.07, 6.45) is 0.911. The molecule has 7 nitrogen and oxygen atoms in total. The van der Waals surface area contributed by atoms with Crippen LogP contribution in [0.15, 0.2) is 58.8 Å². The molecular formula is C25H26ClN3O4S2. The highest BCUT2D eigenvalue weighted by Crippen LogP contribution is 2.29. The number of hydrogen-bond acceptors (Lipinski definition) is 7. The van der Waals surface area contributed by atoms with Crippen molar-refractivity contribution >= 4 is 63.3 Å². The largest absolute Gasteiger partial charge is 0.466 e. The number of carbonyl (C=O) groups excluding carboxylic acids is 3. The molecule has 0 aliphatic heterocycles. The molecule has 0 saturated carbocycles. The fourth-order valence-electron chi connectivity index (χ4n) is 3.12. The SMILES string of the molecule is CCOC(=O)Cc1csc(NC(=O)C(CC)Sc2cccc(NC(=O)Cc3ccc(Cl)cc3)c2)n1. The van der Waals surface area contributed by atoms with Crippen LogP contribution >= 0.6 is 34.7 Å². The first-order valence-corrected chi connectivity index (χ1v) is 13.2. The zero-order valence-corrected chi connectivity index (χ0v) is 21.8. The molecule has 1 atom stereocenters. The van der Waals surface area contributed by atoms with Gasteiger partial charge in [-0.25, -0.2) is 4.98 Å². The number of nitrogens with zero attached hydrogens (tertiary/aromatic N) is 1. The Kier molecular flexibility index (Phi) is 10.1. The molecule has 3 aromatic rings. The minimum absolute atomic E-state index is 0.0721. The van der Waals surface area contributed by atoms with E-state index in [1.54, 1.807) is 24.4 Å². The van der Waals surface area contributed by atoms with Crippen molar-refractivity contribution in [2.24, 2.45) is 0 Å². The number of rotatable bonds is 11. The second-order valence-corrected chi connectivity index (χ2v) is 10.1. The van der Waals surface area contributed by atoms with Crippen LogP contribution in [0.4, 0.5) is 10.8 Å². The Morgan fingerprint density at radius 3 is 2.57 bits per heavy atom. The van der Waals surface area contributed by atoms with Gasteiger partial charge in [0.25, 0.3) is 0 Å².